The van der Waals surface area contributed by atoms with Crippen LogP contribution in [0.25, 0.3) is 0 Å². The molecule has 3 rings (SSSR count). The lowest BCUT2D eigenvalue weighted by atomic mass is 10.2. The van der Waals surface area contributed by atoms with Crippen molar-refractivity contribution in [3.8, 4) is 0 Å². The van der Waals surface area contributed by atoms with Crippen LogP contribution in [0.2, 0.25) is 0 Å². The summed E-state index contributed by atoms with van der Waals surface area (Å²) in [4.78, 5) is 11.2. The highest BCUT2D eigenvalue weighted by atomic mass is 15.2. The summed E-state index contributed by atoms with van der Waals surface area (Å²) in [5.74, 6) is 0. The highest BCUT2D eigenvalue weighted by Gasteiger charge is 2.29. The molecule has 1 aromatic heterocycles. The Balaban J connectivity index is 1.50. The van der Waals surface area contributed by atoms with Crippen molar-refractivity contribution < 1.29 is 0 Å². The summed E-state index contributed by atoms with van der Waals surface area (Å²) < 4.78 is 0. The van der Waals surface area contributed by atoms with E-state index in [1.165, 1.54) is 25.8 Å². The van der Waals surface area contributed by atoms with E-state index < -0.39 is 0 Å². The summed E-state index contributed by atoms with van der Waals surface area (Å²) in [5.41, 5.74) is 2.08. The molecular formula is C13H20N4. The van der Waals surface area contributed by atoms with E-state index in [2.05, 4.69) is 20.2 Å². The van der Waals surface area contributed by atoms with E-state index in [4.69, 9.17) is 0 Å². The summed E-state index contributed by atoms with van der Waals surface area (Å²) in [7, 11) is 0. The highest BCUT2D eigenvalue weighted by Crippen LogP contribution is 2.22. The molecule has 0 radical (unpaired) electrons. The van der Waals surface area contributed by atoms with Crippen molar-refractivity contribution >= 4 is 0 Å². The van der Waals surface area contributed by atoms with E-state index in [9.17, 15) is 0 Å². The molecule has 1 N–H and O–H groups in total. The maximum Gasteiger partial charge on any atom is 0.0727 e. The van der Waals surface area contributed by atoms with Crippen LogP contribution in [-0.2, 0) is 6.54 Å². The first kappa shape index (κ1) is 11.1. The Morgan fingerprint density at radius 3 is 2.82 bits per heavy atom. The largest absolute Gasteiger partial charge is 0.310 e. The van der Waals surface area contributed by atoms with Crippen LogP contribution in [0, 0.1) is 6.92 Å². The summed E-state index contributed by atoms with van der Waals surface area (Å²) in [5, 5.41) is 3.70. The van der Waals surface area contributed by atoms with Crippen LogP contribution in [-0.4, -0.2) is 40.0 Å². The molecule has 2 heterocycles. The number of aromatic nitrogens is 2. The molecule has 4 heteroatoms. The number of nitrogens with zero attached hydrogens (tertiary/aromatic N) is 3. The Labute approximate surface area is 102 Å². The SMILES string of the molecule is Cc1cnc(CN2CCC(NC3CC3)C2)cn1. The van der Waals surface area contributed by atoms with Gasteiger partial charge in [-0.05, 0) is 26.2 Å². The number of hydrogen-bond acceptors (Lipinski definition) is 4. The van der Waals surface area contributed by atoms with Gasteiger partial charge in [0.2, 0.25) is 0 Å². The molecule has 1 saturated heterocycles. The first-order valence-corrected chi connectivity index (χ1v) is 6.55. The van der Waals surface area contributed by atoms with Crippen LogP contribution in [0.1, 0.15) is 30.7 Å². The molecule has 92 valence electrons. The third-order valence-corrected chi connectivity index (χ3v) is 3.54. The minimum absolute atomic E-state index is 0.695. The van der Waals surface area contributed by atoms with Gasteiger partial charge in [0.15, 0.2) is 0 Å². The third kappa shape index (κ3) is 3.01. The van der Waals surface area contributed by atoms with Crippen LogP contribution < -0.4 is 5.32 Å². The average molecular weight is 232 g/mol. The Morgan fingerprint density at radius 2 is 2.12 bits per heavy atom. The zero-order valence-corrected chi connectivity index (χ0v) is 10.4. The summed E-state index contributed by atoms with van der Waals surface area (Å²) in [6.07, 6.45) is 7.78. The molecule has 2 aliphatic rings. The molecule has 4 nitrogen and oxygen atoms in total. The number of hydrogen-bond donors (Lipinski definition) is 1. The van der Waals surface area contributed by atoms with Crippen LogP contribution in [0.15, 0.2) is 12.4 Å². The van der Waals surface area contributed by atoms with E-state index in [1.807, 2.05) is 19.3 Å². The molecule has 0 bridgehead atoms. The van der Waals surface area contributed by atoms with Gasteiger partial charge < -0.3 is 5.32 Å². The lowest BCUT2D eigenvalue weighted by molar-refractivity contribution is 0.315. The van der Waals surface area contributed by atoms with E-state index in [1.54, 1.807) is 0 Å². The van der Waals surface area contributed by atoms with Gasteiger partial charge in [-0.15, -0.1) is 0 Å². The number of nitrogens with one attached hydrogen (secondary N) is 1. The van der Waals surface area contributed by atoms with Gasteiger partial charge in [-0.25, -0.2) is 0 Å². The van der Waals surface area contributed by atoms with Crippen molar-refractivity contribution in [1.82, 2.24) is 20.2 Å². The predicted molar refractivity (Wildman–Crippen MR) is 66.6 cm³/mol. The van der Waals surface area contributed by atoms with Crippen LogP contribution in [0.3, 0.4) is 0 Å². The molecule has 1 aromatic rings. The van der Waals surface area contributed by atoms with Crippen molar-refractivity contribution in [1.29, 1.82) is 0 Å². The highest BCUT2D eigenvalue weighted by molar-refractivity contribution is 5.01. The van der Waals surface area contributed by atoms with Crippen molar-refractivity contribution in [2.45, 2.75) is 44.8 Å². The van der Waals surface area contributed by atoms with Crippen molar-refractivity contribution in [3.05, 3.63) is 23.8 Å². The Hall–Kier alpha value is -1.00. The smallest absolute Gasteiger partial charge is 0.0727 e. The van der Waals surface area contributed by atoms with Crippen molar-refractivity contribution in [2.24, 2.45) is 0 Å². The van der Waals surface area contributed by atoms with Gasteiger partial charge in [0.05, 0.1) is 11.4 Å². The Morgan fingerprint density at radius 1 is 1.24 bits per heavy atom. The summed E-state index contributed by atoms with van der Waals surface area (Å²) in [6.45, 7) is 5.25. The minimum atomic E-state index is 0.695. The second-order valence-corrected chi connectivity index (χ2v) is 5.31. The molecule has 0 amide bonds. The maximum absolute atomic E-state index is 4.42. The zero-order valence-electron chi connectivity index (χ0n) is 10.4. The Kier molecular flexibility index (Phi) is 3.07. The lowest BCUT2D eigenvalue weighted by Crippen LogP contribution is -2.33. The first-order chi connectivity index (χ1) is 8.29. The summed E-state index contributed by atoms with van der Waals surface area (Å²) >= 11 is 0. The third-order valence-electron chi connectivity index (χ3n) is 3.54. The minimum Gasteiger partial charge on any atom is -0.310 e. The fraction of sp³-hybridized carbons (Fsp3) is 0.692. The van der Waals surface area contributed by atoms with Gasteiger partial charge in [-0.2, -0.15) is 0 Å². The molecule has 1 aliphatic carbocycles. The molecule has 1 saturated carbocycles. The molecular weight excluding hydrogens is 212 g/mol. The van der Waals surface area contributed by atoms with E-state index >= 15 is 0 Å². The van der Waals surface area contributed by atoms with Crippen LogP contribution >= 0.6 is 0 Å². The topological polar surface area (TPSA) is 41.1 Å². The monoisotopic (exact) mass is 232 g/mol. The van der Waals surface area contributed by atoms with Gasteiger partial charge in [0.1, 0.15) is 0 Å². The number of rotatable bonds is 4. The standard InChI is InChI=1S/C13H20N4/c1-10-6-15-13(7-14-10)9-17-5-4-12(8-17)16-11-2-3-11/h6-7,11-12,16H,2-5,8-9H2,1H3. The molecule has 1 aliphatic heterocycles. The first-order valence-electron chi connectivity index (χ1n) is 6.55. The van der Waals surface area contributed by atoms with Crippen LogP contribution in [0.5, 0.6) is 0 Å². The van der Waals surface area contributed by atoms with Crippen molar-refractivity contribution in [3.63, 3.8) is 0 Å². The van der Waals surface area contributed by atoms with Gasteiger partial charge in [-0.3, -0.25) is 14.9 Å². The molecule has 0 spiro atoms. The quantitative estimate of drug-likeness (QED) is 0.844. The summed E-state index contributed by atoms with van der Waals surface area (Å²) in [6, 6.07) is 1.51. The fourth-order valence-electron chi connectivity index (χ4n) is 2.43. The molecule has 17 heavy (non-hydrogen) atoms. The van der Waals surface area contributed by atoms with E-state index in [-0.39, 0.29) is 0 Å². The molecule has 0 aromatic carbocycles. The van der Waals surface area contributed by atoms with Crippen LogP contribution in [0.4, 0.5) is 0 Å². The second-order valence-electron chi connectivity index (χ2n) is 5.31. The molecule has 1 unspecified atom stereocenters. The average Bonchev–Trinajstić information content (AvgIpc) is 3.02. The van der Waals surface area contributed by atoms with E-state index in [0.29, 0.717) is 6.04 Å². The molecule has 2 fully saturated rings. The van der Waals surface area contributed by atoms with Gasteiger partial charge in [0.25, 0.3) is 0 Å². The fourth-order valence-corrected chi connectivity index (χ4v) is 2.43. The van der Waals surface area contributed by atoms with E-state index in [0.717, 1.165) is 30.5 Å². The maximum atomic E-state index is 4.42. The zero-order chi connectivity index (χ0) is 11.7. The predicted octanol–water partition coefficient (Wildman–Crippen LogP) is 1.11. The van der Waals surface area contributed by atoms with Crippen molar-refractivity contribution in [2.75, 3.05) is 13.1 Å². The number of likely N-dealkylation sites (tertiary alicyclic amines) is 1. The Bertz CT molecular complexity index is 372. The normalized spacial score (nSPS) is 25.4. The van der Waals surface area contributed by atoms with Gasteiger partial charge in [-0.1, -0.05) is 0 Å². The lowest BCUT2D eigenvalue weighted by Gasteiger charge is -2.15. The molecule has 1 atom stereocenters. The number of aryl methyl sites for hydroxylation is 1. The van der Waals surface area contributed by atoms with Gasteiger partial charge in [0, 0.05) is 44.1 Å². The van der Waals surface area contributed by atoms with Gasteiger partial charge >= 0.3 is 0 Å². The second kappa shape index (κ2) is 4.70.